The molecule has 1 amide bonds. The van der Waals surface area contributed by atoms with Crippen LogP contribution < -0.4 is 5.32 Å². The summed E-state index contributed by atoms with van der Waals surface area (Å²) in [5.74, 6) is -0.720. The van der Waals surface area contributed by atoms with Crippen LogP contribution in [0.1, 0.15) is 219 Å². The lowest BCUT2D eigenvalue weighted by Gasteiger charge is -2.41. The molecule has 0 aromatic heterocycles. The van der Waals surface area contributed by atoms with E-state index in [1.54, 1.807) is 6.08 Å². The van der Waals surface area contributed by atoms with E-state index in [0.29, 0.717) is 12.8 Å². The third-order valence-electron chi connectivity index (χ3n) is 12.3. The van der Waals surface area contributed by atoms with Gasteiger partial charge in [-0.15, -0.1) is 0 Å². The maximum Gasteiger partial charge on any atom is 0.397 e. The number of carbonyl (C=O) groups is 1. The minimum absolute atomic E-state index is 0.223. The Morgan fingerprint density at radius 2 is 1.03 bits per heavy atom. The van der Waals surface area contributed by atoms with Gasteiger partial charge in [0.15, 0.2) is 6.29 Å². The third kappa shape index (κ3) is 33.4. The molecule has 0 aromatic rings. The fraction of sp³-hybridized carbons (Fsp3) is 0.863. The Morgan fingerprint density at radius 1 is 0.615 bits per heavy atom. The van der Waals surface area contributed by atoms with Gasteiger partial charge in [0.2, 0.25) is 5.91 Å². The first-order chi connectivity index (χ1) is 31.4. The number of hydrogen-bond acceptors (Lipinski definition) is 11. The van der Waals surface area contributed by atoms with E-state index in [-0.39, 0.29) is 6.42 Å². The summed E-state index contributed by atoms with van der Waals surface area (Å²) in [6, 6.07) is -1.14. The second kappa shape index (κ2) is 41.3. The summed E-state index contributed by atoms with van der Waals surface area (Å²) in [6.07, 6.45) is 38.0. The maximum absolute atomic E-state index is 13.1. The van der Waals surface area contributed by atoms with Crippen molar-refractivity contribution in [2.24, 2.45) is 0 Å². The monoisotopic (exact) mass is 946 g/mol. The maximum atomic E-state index is 13.1. The molecular weight excluding hydrogens is 851 g/mol. The molecule has 1 rings (SSSR count). The van der Waals surface area contributed by atoms with Crippen LogP contribution >= 0.6 is 0 Å². The van der Waals surface area contributed by atoms with Crippen molar-refractivity contribution in [2.45, 2.75) is 268 Å². The highest BCUT2D eigenvalue weighted by molar-refractivity contribution is 7.80. The Balaban J connectivity index is 2.54. The van der Waals surface area contributed by atoms with Crippen LogP contribution in [-0.4, -0.2) is 107 Å². The summed E-state index contributed by atoms with van der Waals surface area (Å²) in [7, 11) is -5.13. The highest BCUT2D eigenvalue weighted by Crippen LogP contribution is 2.26. The molecule has 0 bridgehead atoms. The van der Waals surface area contributed by atoms with Crippen LogP contribution in [0.3, 0.4) is 0 Å². The molecule has 0 radical (unpaired) electrons. The van der Waals surface area contributed by atoms with E-state index in [9.17, 15) is 43.3 Å². The van der Waals surface area contributed by atoms with Crippen molar-refractivity contribution in [1.82, 2.24) is 5.32 Å². The summed E-state index contributed by atoms with van der Waals surface area (Å²) in [5.41, 5.74) is 0. The first-order valence-electron chi connectivity index (χ1n) is 26.0. The predicted molar refractivity (Wildman–Crippen MR) is 261 cm³/mol. The van der Waals surface area contributed by atoms with Gasteiger partial charge >= 0.3 is 10.4 Å². The minimum Gasteiger partial charge on any atom is -0.394 e. The van der Waals surface area contributed by atoms with Crippen LogP contribution in [0, 0.1) is 0 Å². The molecule has 8 atom stereocenters. The van der Waals surface area contributed by atoms with Crippen LogP contribution in [0.25, 0.3) is 0 Å². The van der Waals surface area contributed by atoms with Crippen molar-refractivity contribution in [2.75, 3.05) is 13.2 Å². The number of aliphatic hydroxyl groups is 5. The molecule has 1 aliphatic heterocycles. The predicted octanol–water partition coefficient (Wildman–Crippen LogP) is 10.0. The van der Waals surface area contributed by atoms with Crippen molar-refractivity contribution in [3.05, 3.63) is 36.5 Å². The minimum atomic E-state index is -5.13. The van der Waals surface area contributed by atoms with E-state index in [1.807, 2.05) is 0 Å². The SMILES string of the molecule is CCCCCCCCC/C=C\CCCCCCC(O)C(=O)NC(COC1OC(CO)C(O)C(OS(=O)(=O)O)C1O)C(O)/C=C/CC/C=C/CCCCCCCCCCCCCCCCC. The number of unbranched alkanes of at least 4 members (excludes halogenated alkanes) is 27. The zero-order valence-electron chi connectivity index (χ0n) is 40.7. The molecule has 8 unspecified atom stereocenters. The molecule has 1 fully saturated rings. The fourth-order valence-electron chi connectivity index (χ4n) is 8.12. The molecule has 1 saturated heterocycles. The summed E-state index contributed by atoms with van der Waals surface area (Å²) in [5, 5.41) is 55.3. The van der Waals surface area contributed by atoms with E-state index < -0.39 is 78.5 Å². The lowest BCUT2D eigenvalue weighted by Crippen LogP contribution is -2.61. The first kappa shape index (κ1) is 61.3. The number of rotatable bonds is 44. The van der Waals surface area contributed by atoms with E-state index in [1.165, 1.54) is 141 Å². The average molecular weight is 946 g/mol. The van der Waals surface area contributed by atoms with E-state index in [4.69, 9.17) is 9.47 Å². The second-order valence-electron chi connectivity index (χ2n) is 18.2. The lowest BCUT2D eigenvalue weighted by molar-refractivity contribution is -0.298. The van der Waals surface area contributed by atoms with Crippen molar-refractivity contribution < 1.29 is 57.0 Å². The number of ether oxygens (including phenoxy) is 2. The standard InChI is InChI=1S/C51H95NO12S/c1-3-5-7-9-11-13-15-17-19-20-21-22-23-24-26-27-29-31-33-35-37-39-44(54)43(42-62-51-48(57)49(64-65(59,60)61)47(56)46(41-53)63-51)52-50(58)45(55)40-38-36-34-32-30-28-25-18-16-14-12-10-8-6-4-2/h25,28-29,31,37,39,43-49,51,53-57H,3-24,26-27,30,32-36,38,40-42H2,1-2H3,(H,52,58)(H,59,60,61)/b28-25-,31-29+,39-37+. The normalized spacial score (nSPS) is 20.9. The lowest BCUT2D eigenvalue weighted by atomic mass is 9.99. The van der Waals surface area contributed by atoms with Gasteiger partial charge in [-0.05, 0) is 57.8 Å². The zero-order valence-corrected chi connectivity index (χ0v) is 41.5. The number of aliphatic hydroxyl groups excluding tert-OH is 5. The number of hydrogen-bond donors (Lipinski definition) is 7. The Labute approximate surface area is 395 Å². The summed E-state index contributed by atoms with van der Waals surface area (Å²) >= 11 is 0. The summed E-state index contributed by atoms with van der Waals surface area (Å²) in [4.78, 5) is 13.1. The molecule has 14 heteroatoms. The molecule has 1 aliphatic rings. The van der Waals surface area contributed by atoms with Gasteiger partial charge < -0.3 is 40.3 Å². The van der Waals surface area contributed by atoms with Gasteiger partial charge in [0.25, 0.3) is 0 Å². The van der Waals surface area contributed by atoms with Crippen LogP contribution in [0.5, 0.6) is 0 Å². The van der Waals surface area contributed by atoms with Crippen molar-refractivity contribution in [1.29, 1.82) is 0 Å². The Hall–Kier alpha value is -1.72. The fourth-order valence-corrected chi connectivity index (χ4v) is 8.63. The first-order valence-corrected chi connectivity index (χ1v) is 27.3. The van der Waals surface area contributed by atoms with Gasteiger partial charge in [0, 0.05) is 0 Å². The van der Waals surface area contributed by atoms with Crippen molar-refractivity contribution in [3.8, 4) is 0 Å². The van der Waals surface area contributed by atoms with Gasteiger partial charge in [-0.2, -0.15) is 8.42 Å². The molecule has 0 aliphatic carbocycles. The number of allylic oxidation sites excluding steroid dienone is 5. The van der Waals surface area contributed by atoms with E-state index >= 15 is 0 Å². The molecule has 1 heterocycles. The average Bonchev–Trinajstić information content (AvgIpc) is 3.28. The van der Waals surface area contributed by atoms with Gasteiger partial charge in [-0.3, -0.25) is 9.35 Å². The zero-order chi connectivity index (χ0) is 47.8. The van der Waals surface area contributed by atoms with Crippen molar-refractivity contribution in [3.63, 3.8) is 0 Å². The third-order valence-corrected chi connectivity index (χ3v) is 12.7. The van der Waals surface area contributed by atoms with Crippen LogP contribution in [0.15, 0.2) is 36.5 Å². The highest BCUT2D eigenvalue weighted by atomic mass is 32.3. The molecule has 13 nitrogen and oxygen atoms in total. The molecule has 0 saturated carbocycles. The molecule has 382 valence electrons. The van der Waals surface area contributed by atoms with Crippen LogP contribution in [0.4, 0.5) is 0 Å². The molecule has 0 spiro atoms. The molecule has 7 N–H and O–H groups in total. The summed E-state index contributed by atoms with van der Waals surface area (Å²) in [6.45, 7) is 3.21. The molecule has 0 aromatic carbocycles. The van der Waals surface area contributed by atoms with Crippen LogP contribution in [0.2, 0.25) is 0 Å². The Morgan fingerprint density at radius 3 is 1.48 bits per heavy atom. The number of carbonyl (C=O) groups excluding carboxylic acids is 1. The second-order valence-corrected chi connectivity index (χ2v) is 19.3. The molecule has 65 heavy (non-hydrogen) atoms. The van der Waals surface area contributed by atoms with Crippen molar-refractivity contribution >= 4 is 16.3 Å². The largest absolute Gasteiger partial charge is 0.397 e. The van der Waals surface area contributed by atoms with E-state index in [0.717, 1.165) is 51.4 Å². The molecular formula is C51H95NO12S. The van der Waals surface area contributed by atoms with Gasteiger partial charge in [0.05, 0.1) is 25.4 Å². The highest BCUT2D eigenvalue weighted by Gasteiger charge is 2.48. The quantitative estimate of drug-likeness (QED) is 0.0173. The smallest absolute Gasteiger partial charge is 0.394 e. The van der Waals surface area contributed by atoms with Gasteiger partial charge in [-0.25, -0.2) is 4.18 Å². The van der Waals surface area contributed by atoms with Gasteiger partial charge in [-0.1, -0.05) is 198 Å². The Bertz CT molecular complexity index is 1310. The van der Waals surface area contributed by atoms with E-state index in [2.05, 4.69) is 47.7 Å². The summed E-state index contributed by atoms with van der Waals surface area (Å²) < 4.78 is 47.6. The Kier molecular flexibility index (Phi) is 38.9. The number of nitrogens with one attached hydrogen (secondary N) is 1. The van der Waals surface area contributed by atoms with Crippen LogP contribution in [-0.2, 0) is 28.9 Å². The van der Waals surface area contributed by atoms with Gasteiger partial charge in [0.1, 0.15) is 30.5 Å². The topological polar surface area (TPSA) is 212 Å². The number of amides is 1.